The molecule has 0 aliphatic heterocycles. The molecule has 0 atom stereocenters. The average Bonchev–Trinajstić information content (AvgIpc) is 2.62. The molecule has 0 aromatic carbocycles. The van der Waals surface area contributed by atoms with Gasteiger partial charge in [-0.1, -0.05) is 0 Å². The van der Waals surface area contributed by atoms with E-state index in [-0.39, 0.29) is 0 Å². The molecule has 14 heavy (non-hydrogen) atoms. The fourth-order valence-corrected chi connectivity index (χ4v) is 2.27. The molecule has 2 aromatic rings. The highest BCUT2D eigenvalue weighted by Gasteiger charge is 2.04. The van der Waals surface area contributed by atoms with Crippen molar-refractivity contribution in [2.24, 2.45) is 0 Å². The zero-order valence-electron chi connectivity index (χ0n) is 8.32. The third-order valence-electron chi connectivity index (χ3n) is 2.23. The predicted molar refractivity (Wildman–Crippen MR) is 59.5 cm³/mol. The number of imidazole rings is 1. The Kier molecular flexibility index (Phi) is 2.29. The van der Waals surface area contributed by atoms with E-state index < -0.39 is 0 Å². The molecule has 0 bridgehead atoms. The van der Waals surface area contributed by atoms with E-state index in [1.165, 1.54) is 11.1 Å². The molecule has 0 saturated heterocycles. The highest BCUT2D eigenvalue weighted by atomic mass is 32.1. The Morgan fingerprint density at radius 3 is 2.71 bits per heavy atom. The van der Waals surface area contributed by atoms with Gasteiger partial charge in [-0.15, -0.1) is 0 Å². The van der Waals surface area contributed by atoms with Gasteiger partial charge in [0.2, 0.25) is 5.95 Å². The van der Waals surface area contributed by atoms with Crippen LogP contribution < -0.4 is 5.73 Å². The zero-order valence-corrected chi connectivity index (χ0v) is 9.14. The van der Waals surface area contributed by atoms with Crippen LogP contribution in [-0.4, -0.2) is 9.55 Å². The second-order valence-corrected chi connectivity index (χ2v) is 4.19. The molecule has 74 valence electrons. The molecule has 0 aliphatic carbocycles. The molecular formula is C10H13N3S. The molecule has 0 aliphatic rings. The zero-order chi connectivity index (χ0) is 10.1. The third kappa shape index (κ3) is 1.65. The molecule has 0 fully saturated rings. The summed E-state index contributed by atoms with van der Waals surface area (Å²) < 4.78 is 1.98. The number of aromatic nitrogens is 2. The van der Waals surface area contributed by atoms with Crippen LogP contribution in [0.5, 0.6) is 0 Å². The van der Waals surface area contributed by atoms with Crippen molar-refractivity contribution < 1.29 is 0 Å². The Bertz CT molecular complexity index is 442. The van der Waals surface area contributed by atoms with E-state index in [4.69, 9.17) is 5.73 Å². The number of nitrogen functional groups attached to an aromatic ring is 1. The normalized spacial score (nSPS) is 10.7. The summed E-state index contributed by atoms with van der Waals surface area (Å²) >= 11 is 1.72. The third-order valence-corrected chi connectivity index (χ3v) is 3.14. The number of nitrogens with two attached hydrogens (primary N) is 1. The van der Waals surface area contributed by atoms with E-state index in [0.29, 0.717) is 5.95 Å². The van der Waals surface area contributed by atoms with E-state index >= 15 is 0 Å². The fourth-order valence-electron chi connectivity index (χ4n) is 1.42. The number of thiophene rings is 1. The molecule has 2 N–H and O–H groups in total. The van der Waals surface area contributed by atoms with E-state index in [1.807, 2.05) is 17.7 Å². The molecule has 0 radical (unpaired) electrons. The van der Waals surface area contributed by atoms with Gasteiger partial charge in [-0.25, -0.2) is 4.98 Å². The summed E-state index contributed by atoms with van der Waals surface area (Å²) in [5.41, 5.74) is 9.37. The van der Waals surface area contributed by atoms with Gasteiger partial charge in [0.25, 0.3) is 0 Å². The van der Waals surface area contributed by atoms with Crippen molar-refractivity contribution in [3.63, 3.8) is 0 Å². The summed E-state index contributed by atoms with van der Waals surface area (Å²) in [5, 5.41) is 4.30. The minimum Gasteiger partial charge on any atom is -0.369 e. The lowest BCUT2D eigenvalue weighted by molar-refractivity contribution is 0.808. The highest BCUT2D eigenvalue weighted by Crippen LogP contribution is 2.16. The van der Waals surface area contributed by atoms with Gasteiger partial charge >= 0.3 is 0 Å². The first-order valence-corrected chi connectivity index (χ1v) is 5.42. The van der Waals surface area contributed by atoms with Crippen LogP contribution in [0.3, 0.4) is 0 Å². The van der Waals surface area contributed by atoms with Crippen LogP contribution in [0.15, 0.2) is 17.0 Å². The van der Waals surface area contributed by atoms with Crippen LogP contribution in [0, 0.1) is 13.8 Å². The molecule has 4 heteroatoms. The average molecular weight is 207 g/mol. The van der Waals surface area contributed by atoms with Gasteiger partial charge in [-0.05, 0) is 35.7 Å². The summed E-state index contributed by atoms with van der Waals surface area (Å²) in [5.74, 6) is 0.591. The van der Waals surface area contributed by atoms with Gasteiger partial charge in [0, 0.05) is 6.20 Å². The second kappa shape index (κ2) is 3.46. The Hall–Kier alpha value is -1.29. The van der Waals surface area contributed by atoms with Crippen molar-refractivity contribution in [3.05, 3.63) is 33.8 Å². The Morgan fingerprint density at radius 1 is 1.43 bits per heavy atom. The summed E-state index contributed by atoms with van der Waals surface area (Å²) in [6.07, 6.45) is 1.98. The molecule has 0 amide bonds. The van der Waals surface area contributed by atoms with Crippen LogP contribution in [0.25, 0.3) is 0 Å². The number of aryl methyl sites for hydroxylation is 2. The minimum absolute atomic E-state index is 0.591. The first kappa shape index (κ1) is 9.27. The molecule has 2 rings (SSSR count). The van der Waals surface area contributed by atoms with Crippen molar-refractivity contribution in [1.29, 1.82) is 0 Å². The lowest BCUT2D eigenvalue weighted by Gasteiger charge is -2.03. The largest absolute Gasteiger partial charge is 0.369 e. The number of hydrogen-bond acceptors (Lipinski definition) is 3. The monoisotopic (exact) mass is 207 g/mol. The lowest BCUT2D eigenvalue weighted by Crippen LogP contribution is -2.03. The standard InChI is InChI=1S/C10H13N3S/c1-7-5-14-6-9(7)4-13-3-8(2)12-10(13)11/h3,5-6H,4H2,1-2H3,(H2,11,12). The smallest absolute Gasteiger partial charge is 0.200 e. The van der Waals surface area contributed by atoms with Gasteiger partial charge in [-0.2, -0.15) is 11.3 Å². The SMILES string of the molecule is Cc1cn(Cc2cscc2C)c(N)n1. The molecule has 2 aromatic heterocycles. The predicted octanol–water partition coefficient (Wildman–Crippen LogP) is 2.19. The van der Waals surface area contributed by atoms with Crippen molar-refractivity contribution in [3.8, 4) is 0 Å². The Morgan fingerprint density at radius 2 is 2.21 bits per heavy atom. The molecule has 0 unspecified atom stereocenters. The van der Waals surface area contributed by atoms with E-state index in [0.717, 1.165) is 12.2 Å². The topological polar surface area (TPSA) is 43.8 Å². The molecule has 0 spiro atoms. The fraction of sp³-hybridized carbons (Fsp3) is 0.300. The van der Waals surface area contributed by atoms with Crippen LogP contribution in [0.2, 0.25) is 0 Å². The van der Waals surface area contributed by atoms with Crippen molar-refractivity contribution >= 4 is 17.3 Å². The van der Waals surface area contributed by atoms with Gasteiger partial charge in [-0.3, -0.25) is 0 Å². The first-order valence-electron chi connectivity index (χ1n) is 4.47. The summed E-state index contributed by atoms with van der Waals surface area (Å²) in [6, 6.07) is 0. The van der Waals surface area contributed by atoms with Gasteiger partial charge in [0.15, 0.2) is 0 Å². The van der Waals surface area contributed by atoms with Crippen LogP contribution in [0.1, 0.15) is 16.8 Å². The van der Waals surface area contributed by atoms with Crippen molar-refractivity contribution in [2.75, 3.05) is 5.73 Å². The van der Waals surface area contributed by atoms with Crippen LogP contribution in [-0.2, 0) is 6.54 Å². The molecule has 0 saturated carbocycles. The summed E-state index contributed by atoms with van der Waals surface area (Å²) in [7, 11) is 0. The molecule has 2 heterocycles. The number of rotatable bonds is 2. The van der Waals surface area contributed by atoms with Crippen LogP contribution >= 0.6 is 11.3 Å². The van der Waals surface area contributed by atoms with E-state index in [1.54, 1.807) is 11.3 Å². The second-order valence-electron chi connectivity index (χ2n) is 3.45. The highest BCUT2D eigenvalue weighted by molar-refractivity contribution is 7.08. The number of nitrogens with zero attached hydrogens (tertiary/aromatic N) is 2. The lowest BCUT2D eigenvalue weighted by atomic mass is 10.2. The van der Waals surface area contributed by atoms with E-state index in [9.17, 15) is 0 Å². The molecular weight excluding hydrogens is 194 g/mol. The quantitative estimate of drug-likeness (QED) is 0.820. The van der Waals surface area contributed by atoms with Gasteiger partial charge < -0.3 is 10.3 Å². The Balaban J connectivity index is 2.27. The molecule has 3 nitrogen and oxygen atoms in total. The Labute approximate surface area is 87.2 Å². The van der Waals surface area contributed by atoms with E-state index in [2.05, 4.69) is 22.7 Å². The number of anilines is 1. The maximum Gasteiger partial charge on any atom is 0.200 e. The summed E-state index contributed by atoms with van der Waals surface area (Å²) in [6.45, 7) is 4.89. The summed E-state index contributed by atoms with van der Waals surface area (Å²) in [4.78, 5) is 4.17. The van der Waals surface area contributed by atoms with Crippen LogP contribution in [0.4, 0.5) is 5.95 Å². The van der Waals surface area contributed by atoms with Gasteiger partial charge in [0.05, 0.1) is 12.2 Å². The maximum atomic E-state index is 5.76. The maximum absolute atomic E-state index is 5.76. The minimum atomic E-state index is 0.591. The van der Waals surface area contributed by atoms with Crippen molar-refractivity contribution in [1.82, 2.24) is 9.55 Å². The number of hydrogen-bond donors (Lipinski definition) is 1. The van der Waals surface area contributed by atoms with Crippen molar-refractivity contribution in [2.45, 2.75) is 20.4 Å². The van der Waals surface area contributed by atoms with Gasteiger partial charge in [0.1, 0.15) is 0 Å². The first-order chi connectivity index (χ1) is 6.66.